The van der Waals surface area contributed by atoms with Crippen LogP contribution in [0.2, 0.25) is 4.34 Å². The summed E-state index contributed by atoms with van der Waals surface area (Å²) in [5.41, 5.74) is 2.41. The number of pyridine rings is 1. The van der Waals surface area contributed by atoms with Crippen LogP contribution in [0.4, 0.5) is 0 Å². The molecule has 0 aliphatic carbocycles. The minimum absolute atomic E-state index is 0.124. The third-order valence-electron chi connectivity index (χ3n) is 5.13. The standard InChI is InChI=1S/C21H21ClN2OS/c1-2-14-7-5-6-12-24(14)21(25)16-13-18(19-10-11-20(22)26-19)23-17-9-4-3-8-15(16)17/h3-4,8-11,13-14H,2,5-7,12H2,1H3/t14-/m1/s1. The van der Waals surface area contributed by atoms with Gasteiger partial charge in [-0.25, -0.2) is 4.98 Å². The molecule has 3 nitrogen and oxygen atoms in total. The first kappa shape index (κ1) is 17.5. The number of hydrogen-bond donors (Lipinski definition) is 0. The average Bonchev–Trinajstić information content (AvgIpc) is 3.13. The number of thiophene rings is 1. The number of aromatic nitrogens is 1. The van der Waals surface area contributed by atoms with Crippen LogP contribution in [0.3, 0.4) is 0 Å². The zero-order valence-corrected chi connectivity index (χ0v) is 16.3. The van der Waals surface area contributed by atoms with Gasteiger partial charge in [0.15, 0.2) is 0 Å². The lowest BCUT2D eigenvalue weighted by Gasteiger charge is -2.35. The van der Waals surface area contributed by atoms with Crippen molar-refractivity contribution in [3.8, 4) is 10.6 Å². The van der Waals surface area contributed by atoms with Gasteiger partial charge in [0.1, 0.15) is 0 Å². The van der Waals surface area contributed by atoms with Crippen molar-refractivity contribution < 1.29 is 4.79 Å². The fourth-order valence-electron chi connectivity index (χ4n) is 3.78. The van der Waals surface area contributed by atoms with Crippen LogP contribution in [0.5, 0.6) is 0 Å². The normalized spacial score (nSPS) is 17.6. The summed E-state index contributed by atoms with van der Waals surface area (Å²) < 4.78 is 0.727. The predicted molar refractivity (Wildman–Crippen MR) is 109 cm³/mol. The molecular weight excluding hydrogens is 364 g/mol. The van der Waals surface area contributed by atoms with Crippen LogP contribution in [-0.4, -0.2) is 28.4 Å². The highest BCUT2D eigenvalue weighted by Gasteiger charge is 2.27. The first-order valence-electron chi connectivity index (χ1n) is 9.14. The summed E-state index contributed by atoms with van der Waals surface area (Å²) in [4.78, 5) is 21.3. The SMILES string of the molecule is CC[C@@H]1CCCCN1C(=O)c1cc(-c2ccc(Cl)s2)nc2ccccc12. The lowest BCUT2D eigenvalue weighted by molar-refractivity contribution is 0.0610. The van der Waals surface area contributed by atoms with Crippen LogP contribution in [0, 0.1) is 0 Å². The minimum Gasteiger partial charge on any atom is -0.336 e. The molecule has 3 heterocycles. The topological polar surface area (TPSA) is 33.2 Å². The number of fused-ring (bicyclic) bond motifs is 1. The molecule has 1 saturated heterocycles. The lowest BCUT2D eigenvalue weighted by atomic mass is 9.97. The molecule has 0 saturated carbocycles. The number of carbonyl (C=O) groups is 1. The highest BCUT2D eigenvalue weighted by atomic mass is 35.5. The number of halogens is 1. The van der Waals surface area contributed by atoms with Crippen molar-refractivity contribution in [2.75, 3.05) is 6.54 Å². The van der Waals surface area contributed by atoms with Gasteiger partial charge in [-0.1, -0.05) is 36.7 Å². The summed E-state index contributed by atoms with van der Waals surface area (Å²) in [5.74, 6) is 0.124. The first-order chi connectivity index (χ1) is 12.7. The Morgan fingerprint density at radius 3 is 2.88 bits per heavy atom. The molecule has 134 valence electrons. The predicted octanol–water partition coefficient (Wildman–Crippen LogP) is 6.02. The maximum Gasteiger partial charge on any atom is 0.254 e. The van der Waals surface area contributed by atoms with Gasteiger partial charge in [0.25, 0.3) is 5.91 Å². The molecule has 1 atom stereocenters. The highest BCUT2D eigenvalue weighted by Crippen LogP contribution is 2.33. The first-order valence-corrected chi connectivity index (χ1v) is 10.3. The van der Waals surface area contributed by atoms with Gasteiger partial charge in [-0.3, -0.25) is 4.79 Å². The molecule has 0 radical (unpaired) electrons. The number of rotatable bonds is 3. The molecule has 1 aliphatic heterocycles. The van der Waals surface area contributed by atoms with Gasteiger partial charge in [-0.15, -0.1) is 11.3 Å². The van der Waals surface area contributed by atoms with Gasteiger partial charge in [0, 0.05) is 18.0 Å². The molecule has 4 rings (SSSR count). The van der Waals surface area contributed by atoms with Crippen LogP contribution in [0.15, 0.2) is 42.5 Å². The van der Waals surface area contributed by atoms with E-state index in [9.17, 15) is 4.79 Å². The van der Waals surface area contributed by atoms with Crippen molar-refractivity contribution in [3.05, 3.63) is 52.4 Å². The second-order valence-corrected chi connectivity index (χ2v) is 8.45. The third-order valence-corrected chi connectivity index (χ3v) is 6.39. The van der Waals surface area contributed by atoms with E-state index in [4.69, 9.17) is 16.6 Å². The molecule has 2 aromatic heterocycles. The number of nitrogens with zero attached hydrogens (tertiary/aromatic N) is 2. The van der Waals surface area contributed by atoms with E-state index in [1.54, 1.807) is 0 Å². The van der Waals surface area contributed by atoms with E-state index in [1.165, 1.54) is 17.8 Å². The van der Waals surface area contributed by atoms with Gasteiger partial charge in [-0.2, -0.15) is 0 Å². The molecule has 26 heavy (non-hydrogen) atoms. The molecule has 0 unspecified atom stereocenters. The number of hydrogen-bond acceptors (Lipinski definition) is 3. The summed E-state index contributed by atoms with van der Waals surface area (Å²) in [5, 5.41) is 0.921. The van der Waals surface area contributed by atoms with Crippen LogP contribution in [0.25, 0.3) is 21.5 Å². The van der Waals surface area contributed by atoms with Crippen molar-refractivity contribution in [3.63, 3.8) is 0 Å². The third kappa shape index (κ3) is 3.24. The molecule has 0 bridgehead atoms. The van der Waals surface area contributed by atoms with E-state index in [1.807, 2.05) is 42.5 Å². The second kappa shape index (κ2) is 7.37. The van der Waals surface area contributed by atoms with Crippen molar-refractivity contribution in [1.29, 1.82) is 0 Å². The van der Waals surface area contributed by atoms with E-state index >= 15 is 0 Å². The van der Waals surface area contributed by atoms with Crippen molar-refractivity contribution in [2.24, 2.45) is 0 Å². The minimum atomic E-state index is 0.124. The molecule has 1 aliphatic rings. The second-order valence-electron chi connectivity index (χ2n) is 6.73. The molecule has 1 amide bonds. The van der Waals surface area contributed by atoms with E-state index < -0.39 is 0 Å². The van der Waals surface area contributed by atoms with Gasteiger partial charge in [0.05, 0.1) is 26.0 Å². The maximum absolute atomic E-state index is 13.4. The van der Waals surface area contributed by atoms with Crippen LogP contribution >= 0.6 is 22.9 Å². The highest BCUT2D eigenvalue weighted by molar-refractivity contribution is 7.19. The maximum atomic E-state index is 13.4. The fraction of sp³-hybridized carbons (Fsp3) is 0.333. The van der Waals surface area contributed by atoms with Gasteiger partial charge in [-0.05, 0) is 49.9 Å². The van der Waals surface area contributed by atoms with Crippen molar-refractivity contribution in [1.82, 2.24) is 9.88 Å². The van der Waals surface area contributed by atoms with Crippen LogP contribution in [0.1, 0.15) is 43.0 Å². The van der Waals surface area contributed by atoms with Gasteiger partial charge < -0.3 is 4.90 Å². The number of likely N-dealkylation sites (tertiary alicyclic amines) is 1. The number of benzene rings is 1. The number of amides is 1. The molecule has 0 N–H and O–H groups in total. The molecule has 1 fully saturated rings. The number of para-hydroxylation sites is 1. The van der Waals surface area contributed by atoms with E-state index in [0.717, 1.165) is 57.2 Å². The Kier molecular flexibility index (Phi) is 4.96. The van der Waals surface area contributed by atoms with Crippen molar-refractivity contribution in [2.45, 2.75) is 38.6 Å². The number of carbonyl (C=O) groups excluding carboxylic acids is 1. The van der Waals surface area contributed by atoms with E-state index in [0.29, 0.717) is 6.04 Å². The quantitative estimate of drug-likeness (QED) is 0.553. The Hall–Kier alpha value is -1.91. The number of piperidine rings is 1. The molecule has 0 spiro atoms. The zero-order valence-electron chi connectivity index (χ0n) is 14.7. The molecular formula is C21H21ClN2OS. The Bertz CT molecular complexity index is 952. The average molecular weight is 385 g/mol. The van der Waals surface area contributed by atoms with Gasteiger partial charge in [0.2, 0.25) is 0 Å². The summed E-state index contributed by atoms with van der Waals surface area (Å²) >= 11 is 7.59. The molecule has 5 heteroatoms. The monoisotopic (exact) mass is 384 g/mol. The molecule has 3 aromatic rings. The fourth-order valence-corrected chi connectivity index (χ4v) is 4.78. The Labute approximate surface area is 162 Å². The summed E-state index contributed by atoms with van der Waals surface area (Å²) in [6.07, 6.45) is 4.39. The summed E-state index contributed by atoms with van der Waals surface area (Å²) in [7, 11) is 0. The largest absolute Gasteiger partial charge is 0.336 e. The van der Waals surface area contributed by atoms with Crippen molar-refractivity contribution >= 4 is 39.7 Å². The molecule has 1 aromatic carbocycles. The van der Waals surface area contributed by atoms with Crippen LogP contribution < -0.4 is 0 Å². The zero-order chi connectivity index (χ0) is 18.1. The van der Waals surface area contributed by atoms with Crippen LogP contribution in [-0.2, 0) is 0 Å². The summed E-state index contributed by atoms with van der Waals surface area (Å²) in [6, 6.07) is 14.0. The smallest absolute Gasteiger partial charge is 0.254 e. The van der Waals surface area contributed by atoms with E-state index in [-0.39, 0.29) is 5.91 Å². The summed E-state index contributed by atoms with van der Waals surface area (Å²) in [6.45, 7) is 3.01. The Morgan fingerprint density at radius 1 is 1.27 bits per heavy atom. The van der Waals surface area contributed by atoms with Gasteiger partial charge >= 0.3 is 0 Å². The Morgan fingerprint density at radius 2 is 2.12 bits per heavy atom. The Balaban J connectivity index is 1.83. The lowest BCUT2D eigenvalue weighted by Crippen LogP contribution is -2.43. The van der Waals surface area contributed by atoms with E-state index in [2.05, 4.69) is 11.8 Å².